The Bertz CT molecular complexity index is 1040. The third-order valence-corrected chi connectivity index (χ3v) is 5.53. The molecule has 1 aliphatic heterocycles. The summed E-state index contributed by atoms with van der Waals surface area (Å²) < 4.78 is 5.30. The molecular weight excluding hydrogens is 352 g/mol. The quantitative estimate of drug-likeness (QED) is 0.722. The van der Waals surface area contributed by atoms with E-state index in [0.29, 0.717) is 5.88 Å². The molecule has 6 nitrogen and oxygen atoms in total. The largest absolute Gasteiger partial charge is 0.446 e. The fourth-order valence-corrected chi connectivity index (χ4v) is 3.70. The zero-order valence-corrected chi connectivity index (χ0v) is 15.2. The number of nitrogens with zero attached hydrogens (tertiary/aromatic N) is 2. The first-order valence-electron chi connectivity index (χ1n) is 9.30. The standard InChI is InChI=1S/C22H20N4O2/c23-19-18-10-13-28-20(18)24-14-26(19)17-8-6-16(7-9-17)25-21(27)22(11-12-22)15-4-2-1-3-5-15/h1-10,13-14,19H,11-12,23H2,(H,25,27). The third-order valence-electron chi connectivity index (χ3n) is 5.53. The molecule has 2 heterocycles. The number of aliphatic imine (C=N–C) groups is 1. The highest BCUT2D eigenvalue weighted by Gasteiger charge is 2.51. The summed E-state index contributed by atoms with van der Waals surface area (Å²) in [5.41, 5.74) is 9.52. The van der Waals surface area contributed by atoms with E-state index in [1.165, 1.54) is 0 Å². The first kappa shape index (κ1) is 16.8. The maximum absolute atomic E-state index is 12.9. The average Bonchev–Trinajstić information content (AvgIpc) is 3.41. The molecule has 1 aromatic heterocycles. The zero-order chi connectivity index (χ0) is 19.1. The zero-order valence-electron chi connectivity index (χ0n) is 15.2. The molecule has 2 aromatic carbocycles. The van der Waals surface area contributed by atoms with Crippen LogP contribution < -0.4 is 16.0 Å². The number of hydrogen-bond acceptors (Lipinski definition) is 5. The molecule has 3 N–H and O–H groups in total. The van der Waals surface area contributed by atoms with Crippen molar-refractivity contribution in [2.75, 3.05) is 10.2 Å². The van der Waals surface area contributed by atoms with Crippen LogP contribution in [0.3, 0.4) is 0 Å². The third kappa shape index (κ3) is 2.70. The molecule has 1 unspecified atom stereocenters. The molecule has 1 aliphatic carbocycles. The van der Waals surface area contributed by atoms with Gasteiger partial charge in [-0.25, -0.2) is 4.99 Å². The fraction of sp³-hybridized carbons (Fsp3) is 0.182. The van der Waals surface area contributed by atoms with Crippen molar-refractivity contribution < 1.29 is 9.21 Å². The van der Waals surface area contributed by atoms with Gasteiger partial charge >= 0.3 is 0 Å². The van der Waals surface area contributed by atoms with Crippen LogP contribution >= 0.6 is 0 Å². The minimum Gasteiger partial charge on any atom is -0.446 e. The molecule has 6 heteroatoms. The van der Waals surface area contributed by atoms with E-state index in [0.717, 1.165) is 35.3 Å². The number of nitrogens with two attached hydrogens (primary N) is 1. The Kier molecular flexibility index (Phi) is 3.80. The number of amides is 1. The van der Waals surface area contributed by atoms with Crippen LogP contribution in [-0.4, -0.2) is 12.2 Å². The van der Waals surface area contributed by atoms with Crippen LogP contribution in [0.2, 0.25) is 0 Å². The molecule has 5 rings (SSSR count). The van der Waals surface area contributed by atoms with Crippen LogP contribution in [0.1, 0.15) is 30.1 Å². The number of hydrogen-bond donors (Lipinski definition) is 2. The number of fused-ring (bicyclic) bond motifs is 1. The van der Waals surface area contributed by atoms with Gasteiger partial charge in [0.15, 0.2) is 0 Å². The highest BCUT2D eigenvalue weighted by Crippen LogP contribution is 2.49. The number of furan rings is 1. The summed E-state index contributed by atoms with van der Waals surface area (Å²) in [6.07, 6.45) is 4.66. The summed E-state index contributed by atoms with van der Waals surface area (Å²) in [6.45, 7) is 0. The van der Waals surface area contributed by atoms with E-state index in [1.54, 1.807) is 12.6 Å². The fourth-order valence-electron chi connectivity index (χ4n) is 3.70. The van der Waals surface area contributed by atoms with Gasteiger partial charge in [-0.2, -0.15) is 0 Å². The van der Waals surface area contributed by atoms with Crippen molar-refractivity contribution in [2.45, 2.75) is 24.4 Å². The van der Waals surface area contributed by atoms with Gasteiger partial charge < -0.3 is 20.4 Å². The molecule has 1 saturated carbocycles. The first-order chi connectivity index (χ1) is 13.7. The molecule has 1 atom stereocenters. The van der Waals surface area contributed by atoms with Gasteiger partial charge in [-0.15, -0.1) is 0 Å². The topological polar surface area (TPSA) is 83.9 Å². The summed E-state index contributed by atoms with van der Waals surface area (Å²) in [4.78, 5) is 19.0. The predicted octanol–water partition coefficient (Wildman–Crippen LogP) is 4.09. The summed E-state index contributed by atoms with van der Waals surface area (Å²) in [5.74, 6) is 0.592. The molecular formula is C22H20N4O2. The second-order valence-corrected chi connectivity index (χ2v) is 7.23. The number of carbonyl (C=O) groups excluding carboxylic acids is 1. The van der Waals surface area contributed by atoms with Crippen LogP contribution in [0.4, 0.5) is 17.3 Å². The lowest BCUT2D eigenvalue weighted by Gasteiger charge is -2.29. The van der Waals surface area contributed by atoms with E-state index in [2.05, 4.69) is 10.3 Å². The van der Waals surface area contributed by atoms with Crippen molar-refractivity contribution in [3.63, 3.8) is 0 Å². The van der Waals surface area contributed by atoms with Crippen LogP contribution in [0.5, 0.6) is 0 Å². The predicted molar refractivity (Wildman–Crippen MR) is 109 cm³/mol. The molecule has 0 radical (unpaired) electrons. The van der Waals surface area contributed by atoms with Crippen LogP contribution in [0.25, 0.3) is 0 Å². The Labute approximate surface area is 162 Å². The van der Waals surface area contributed by atoms with E-state index in [4.69, 9.17) is 10.2 Å². The molecule has 0 saturated heterocycles. The van der Waals surface area contributed by atoms with Crippen LogP contribution in [0, 0.1) is 0 Å². The minimum atomic E-state index is -0.389. The van der Waals surface area contributed by atoms with E-state index in [9.17, 15) is 4.79 Å². The summed E-state index contributed by atoms with van der Waals surface area (Å²) >= 11 is 0. The number of anilines is 2. The first-order valence-corrected chi connectivity index (χ1v) is 9.30. The van der Waals surface area contributed by atoms with Crippen molar-refractivity contribution in [1.82, 2.24) is 0 Å². The molecule has 0 bridgehead atoms. The molecule has 3 aromatic rings. The normalized spacial score (nSPS) is 19.2. The Morgan fingerprint density at radius 3 is 2.57 bits per heavy atom. The lowest BCUT2D eigenvalue weighted by molar-refractivity contribution is -0.118. The van der Waals surface area contributed by atoms with Gasteiger partial charge in [0.25, 0.3) is 0 Å². The van der Waals surface area contributed by atoms with Gasteiger partial charge in [-0.3, -0.25) is 4.79 Å². The number of rotatable bonds is 4. The van der Waals surface area contributed by atoms with Crippen molar-refractivity contribution in [3.05, 3.63) is 78.1 Å². The van der Waals surface area contributed by atoms with Crippen LogP contribution in [-0.2, 0) is 10.2 Å². The van der Waals surface area contributed by atoms with Crippen LogP contribution in [0.15, 0.2) is 76.3 Å². The smallest absolute Gasteiger partial charge is 0.235 e. The van der Waals surface area contributed by atoms with E-state index >= 15 is 0 Å². The van der Waals surface area contributed by atoms with Crippen molar-refractivity contribution in [1.29, 1.82) is 0 Å². The minimum absolute atomic E-state index is 0.0470. The molecule has 1 fully saturated rings. The lowest BCUT2D eigenvalue weighted by atomic mass is 9.95. The van der Waals surface area contributed by atoms with Gasteiger partial charge in [-0.05, 0) is 48.7 Å². The molecule has 1 amide bonds. The number of nitrogens with one attached hydrogen (secondary N) is 1. The van der Waals surface area contributed by atoms with Gasteiger partial charge in [-0.1, -0.05) is 30.3 Å². The van der Waals surface area contributed by atoms with Crippen molar-refractivity contribution >= 4 is 29.5 Å². The lowest BCUT2D eigenvalue weighted by Crippen LogP contribution is -2.35. The van der Waals surface area contributed by atoms with E-state index in [1.807, 2.05) is 65.6 Å². The highest BCUT2D eigenvalue weighted by molar-refractivity contribution is 6.01. The maximum Gasteiger partial charge on any atom is 0.235 e. The van der Waals surface area contributed by atoms with E-state index < -0.39 is 0 Å². The Balaban J connectivity index is 1.32. The summed E-state index contributed by atoms with van der Waals surface area (Å²) in [6, 6.07) is 19.4. The van der Waals surface area contributed by atoms with Gasteiger partial charge in [0.2, 0.25) is 11.8 Å². The van der Waals surface area contributed by atoms with Crippen molar-refractivity contribution in [3.8, 4) is 0 Å². The average molecular weight is 372 g/mol. The van der Waals surface area contributed by atoms with Crippen molar-refractivity contribution in [2.24, 2.45) is 10.7 Å². The molecule has 140 valence electrons. The second-order valence-electron chi connectivity index (χ2n) is 7.23. The van der Waals surface area contributed by atoms with Gasteiger partial charge in [0.05, 0.1) is 17.2 Å². The maximum atomic E-state index is 12.9. The van der Waals surface area contributed by atoms with Gasteiger partial charge in [0.1, 0.15) is 12.5 Å². The highest BCUT2D eigenvalue weighted by atomic mass is 16.3. The monoisotopic (exact) mass is 372 g/mol. The summed E-state index contributed by atoms with van der Waals surface area (Å²) in [7, 11) is 0. The molecule has 0 spiro atoms. The number of benzene rings is 2. The number of carbonyl (C=O) groups is 1. The second kappa shape index (κ2) is 6.35. The van der Waals surface area contributed by atoms with E-state index in [-0.39, 0.29) is 17.5 Å². The molecule has 2 aliphatic rings. The summed E-state index contributed by atoms with van der Waals surface area (Å²) in [5, 5.41) is 3.06. The van der Waals surface area contributed by atoms with Gasteiger partial charge in [0, 0.05) is 11.4 Å². The Hall–Kier alpha value is -3.38. The Morgan fingerprint density at radius 1 is 1.11 bits per heavy atom. The Morgan fingerprint density at radius 2 is 1.86 bits per heavy atom. The SMILES string of the molecule is NC1c2ccoc2N=CN1c1ccc(NC(=O)C2(c3ccccc3)CC2)cc1. The molecule has 28 heavy (non-hydrogen) atoms.